The second-order valence-electron chi connectivity index (χ2n) is 7.80. The summed E-state index contributed by atoms with van der Waals surface area (Å²) in [5.74, 6) is -1.05. The maximum Gasteiger partial charge on any atom is 0.253 e. The molecule has 0 aromatic heterocycles. The summed E-state index contributed by atoms with van der Waals surface area (Å²) >= 11 is 5.87. The largest absolute Gasteiger partial charge is 0.352 e. The lowest BCUT2D eigenvalue weighted by molar-refractivity contribution is -0.120. The number of halogens is 1. The zero-order chi connectivity index (χ0) is 23.1. The quantitative estimate of drug-likeness (QED) is 0.563. The highest BCUT2D eigenvalue weighted by Crippen LogP contribution is 2.26. The minimum absolute atomic E-state index is 0.0850. The predicted octanol–water partition coefficient (Wildman–Crippen LogP) is 3.91. The summed E-state index contributed by atoms with van der Waals surface area (Å²) in [6.45, 7) is 3.05. The number of piperidine rings is 1. The fourth-order valence-electron chi connectivity index (χ4n) is 3.63. The van der Waals surface area contributed by atoms with Crippen molar-refractivity contribution in [1.29, 1.82) is 0 Å². The molecule has 0 spiro atoms. The molecule has 9 heteroatoms. The van der Waals surface area contributed by atoms with E-state index in [9.17, 15) is 18.0 Å². The zero-order valence-corrected chi connectivity index (χ0v) is 19.6. The van der Waals surface area contributed by atoms with E-state index in [2.05, 4.69) is 10.6 Å². The van der Waals surface area contributed by atoms with Gasteiger partial charge >= 0.3 is 0 Å². The Balaban J connectivity index is 1.70. The van der Waals surface area contributed by atoms with E-state index < -0.39 is 15.9 Å². The molecule has 2 aromatic carbocycles. The van der Waals surface area contributed by atoms with Crippen LogP contribution < -0.4 is 10.6 Å². The Labute approximate surface area is 194 Å². The topological polar surface area (TPSA) is 95.6 Å². The lowest BCUT2D eigenvalue weighted by Gasteiger charge is -2.31. The molecule has 1 aliphatic rings. The minimum Gasteiger partial charge on any atom is -0.352 e. The van der Waals surface area contributed by atoms with Gasteiger partial charge in [0.2, 0.25) is 15.9 Å². The lowest BCUT2D eigenvalue weighted by Crippen LogP contribution is -2.43. The van der Waals surface area contributed by atoms with Crippen LogP contribution in [-0.2, 0) is 14.8 Å². The highest BCUT2D eigenvalue weighted by molar-refractivity contribution is 7.89. The van der Waals surface area contributed by atoms with Gasteiger partial charge in [0.15, 0.2) is 0 Å². The molecule has 1 heterocycles. The average Bonchev–Trinajstić information content (AvgIpc) is 2.80. The number of unbranched alkanes of at least 4 members (excludes halogenated alkanes) is 1. The van der Waals surface area contributed by atoms with Crippen molar-refractivity contribution in [1.82, 2.24) is 9.62 Å². The van der Waals surface area contributed by atoms with E-state index in [1.54, 1.807) is 24.3 Å². The van der Waals surface area contributed by atoms with Crippen LogP contribution in [0.5, 0.6) is 0 Å². The van der Waals surface area contributed by atoms with E-state index in [-0.39, 0.29) is 23.3 Å². The van der Waals surface area contributed by atoms with E-state index in [0.717, 1.165) is 12.8 Å². The van der Waals surface area contributed by atoms with E-state index in [4.69, 9.17) is 11.6 Å². The molecule has 172 valence electrons. The van der Waals surface area contributed by atoms with E-state index in [0.29, 0.717) is 42.2 Å². The molecule has 1 aliphatic heterocycles. The first kappa shape index (κ1) is 24.2. The van der Waals surface area contributed by atoms with Crippen LogP contribution >= 0.6 is 11.6 Å². The number of para-hydroxylation sites is 1. The molecule has 7 nitrogen and oxygen atoms in total. The van der Waals surface area contributed by atoms with Crippen LogP contribution in [0.4, 0.5) is 5.69 Å². The summed E-state index contributed by atoms with van der Waals surface area (Å²) in [4.78, 5) is 25.6. The number of hydrogen-bond acceptors (Lipinski definition) is 4. The van der Waals surface area contributed by atoms with Gasteiger partial charge in [0.05, 0.1) is 22.1 Å². The van der Waals surface area contributed by atoms with Crippen molar-refractivity contribution < 1.29 is 18.0 Å². The van der Waals surface area contributed by atoms with Gasteiger partial charge in [-0.3, -0.25) is 9.59 Å². The van der Waals surface area contributed by atoms with Crippen LogP contribution in [0.1, 0.15) is 43.0 Å². The first-order chi connectivity index (χ1) is 15.3. The molecule has 0 unspecified atom stereocenters. The maximum atomic E-state index is 13.0. The van der Waals surface area contributed by atoms with Crippen molar-refractivity contribution in [2.45, 2.75) is 37.5 Å². The Morgan fingerprint density at radius 2 is 1.84 bits per heavy atom. The van der Waals surface area contributed by atoms with Crippen molar-refractivity contribution in [3.63, 3.8) is 0 Å². The highest BCUT2D eigenvalue weighted by atomic mass is 35.5. The summed E-state index contributed by atoms with van der Waals surface area (Å²) in [6.07, 6.45) is 2.99. The van der Waals surface area contributed by atoms with Crippen LogP contribution in [-0.4, -0.2) is 44.2 Å². The third-order valence-corrected chi connectivity index (χ3v) is 7.58. The third-order valence-electron chi connectivity index (χ3n) is 5.45. The number of rotatable bonds is 8. The van der Waals surface area contributed by atoms with Gasteiger partial charge < -0.3 is 10.6 Å². The zero-order valence-electron chi connectivity index (χ0n) is 18.0. The van der Waals surface area contributed by atoms with E-state index >= 15 is 0 Å². The minimum atomic E-state index is -3.72. The predicted molar refractivity (Wildman–Crippen MR) is 125 cm³/mol. The smallest absolute Gasteiger partial charge is 0.253 e. The first-order valence-electron chi connectivity index (χ1n) is 10.8. The molecule has 1 saturated heterocycles. The van der Waals surface area contributed by atoms with Gasteiger partial charge in [-0.05, 0) is 55.7 Å². The van der Waals surface area contributed by atoms with Crippen LogP contribution in [0, 0.1) is 5.92 Å². The number of anilines is 1. The standard InChI is InChI=1S/C23H28ClN3O4S/c1-2-3-14-25-23(29)20-8-4-5-9-21(20)26-22(28)17-7-6-15-27(16-17)32(30,31)19-12-10-18(24)11-13-19/h4-5,8-13,17H,2-3,6-7,14-16H2,1H3,(H,25,29)(H,26,28)/t17-/m1/s1. The summed E-state index contributed by atoms with van der Waals surface area (Å²) < 4.78 is 27.3. The van der Waals surface area contributed by atoms with Gasteiger partial charge in [-0.1, -0.05) is 37.1 Å². The molecule has 2 amide bonds. The summed E-state index contributed by atoms with van der Waals surface area (Å²) in [7, 11) is -3.72. The molecule has 0 saturated carbocycles. The number of carbonyl (C=O) groups excluding carboxylic acids is 2. The van der Waals surface area contributed by atoms with E-state index in [1.165, 1.54) is 28.6 Å². The maximum absolute atomic E-state index is 13.0. The number of benzene rings is 2. The van der Waals surface area contributed by atoms with Crippen molar-refractivity contribution in [2.24, 2.45) is 5.92 Å². The van der Waals surface area contributed by atoms with Gasteiger partial charge in [0.25, 0.3) is 5.91 Å². The molecule has 1 fully saturated rings. The highest BCUT2D eigenvalue weighted by Gasteiger charge is 2.33. The molecule has 0 radical (unpaired) electrons. The Bertz CT molecular complexity index is 1060. The van der Waals surface area contributed by atoms with Crippen LogP contribution in [0.25, 0.3) is 0 Å². The molecule has 2 aromatic rings. The summed E-state index contributed by atoms with van der Waals surface area (Å²) in [5, 5.41) is 6.14. The Kier molecular flexibility index (Phi) is 8.28. The Hall–Kier alpha value is -2.42. The van der Waals surface area contributed by atoms with Crippen molar-refractivity contribution in [2.75, 3.05) is 25.0 Å². The Morgan fingerprint density at radius 3 is 2.56 bits per heavy atom. The molecular formula is C23H28ClN3O4S. The first-order valence-corrected chi connectivity index (χ1v) is 12.6. The van der Waals surface area contributed by atoms with Crippen molar-refractivity contribution in [3.8, 4) is 0 Å². The molecule has 2 N–H and O–H groups in total. The second kappa shape index (κ2) is 10.9. The monoisotopic (exact) mass is 477 g/mol. The number of sulfonamides is 1. The number of amides is 2. The van der Waals surface area contributed by atoms with Gasteiger partial charge in [0, 0.05) is 24.7 Å². The molecule has 32 heavy (non-hydrogen) atoms. The number of nitrogens with one attached hydrogen (secondary N) is 2. The lowest BCUT2D eigenvalue weighted by atomic mass is 9.98. The van der Waals surface area contributed by atoms with Crippen LogP contribution in [0.3, 0.4) is 0 Å². The van der Waals surface area contributed by atoms with Gasteiger partial charge in [-0.2, -0.15) is 4.31 Å². The normalized spacial score (nSPS) is 17.0. The number of nitrogens with zero attached hydrogens (tertiary/aromatic N) is 1. The third kappa shape index (κ3) is 5.88. The van der Waals surface area contributed by atoms with Gasteiger partial charge in [-0.15, -0.1) is 0 Å². The molecule has 0 bridgehead atoms. The molecule has 3 rings (SSSR count). The summed E-state index contributed by atoms with van der Waals surface area (Å²) in [5.41, 5.74) is 0.808. The SMILES string of the molecule is CCCCNC(=O)c1ccccc1NC(=O)[C@@H]1CCCN(S(=O)(=O)c2ccc(Cl)cc2)C1. The van der Waals surface area contributed by atoms with E-state index in [1.807, 2.05) is 6.92 Å². The number of carbonyl (C=O) groups is 2. The fraction of sp³-hybridized carbons (Fsp3) is 0.391. The number of hydrogen-bond donors (Lipinski definition) is 2. The van der Waals surface area contributed by atoms with Crippen molar-refractivity contribution >= 4 is 39.1 Å². The van der Waals surface area contributed by atoms with Gasteiger partial charge in [-0.25, -0.2) is 8.42 Å². The summed E-state index contributed by atoms with van der Waals surface area (Å²) in [6, 6.07) is 12.8. The van der Waals surface area contributed by atoms with Gasteiger partial charge in [0.1, 0.15) is 0 Å². The van der Waals surface area contributed by atoms with Crippen molar-refractivity contribution in [3.05, 3.63) is 59.1 Å². The fourth-order valence-corrected chi connectivity index (χ4v) is 5.28. The van der Waals surface area contributed by atoms with Crippen LogP contribution in [0.2, 0.25) is 5.02 Å². The van der Waals surface area contributed by atoms with Crippen LogP contribution in [0.15, 0.2) is 53.4 Å². The molecular weight excluding hydrogens is 450 g/mol. The molecule has 1 atom stereocenters. The average molecular weight is 478 g/mol. The second-order valence-corrected chi connectivity index (χ2v) is 10.2. The Morgan fingerprint density at radius 1 is 1.12 bits per heavy atom. The molecule has 0 aliphatic carbocycles.